The maximum Gasteiger partial charge on any atom is 0.172 e. The SMILES string of the molecule is COc1ccc(OC[C@@H](C)NC(=S)Nc2ncccc2C)cc1. The Morgan fingerprint density at radius 2 is 1.91 bits per heavy atom. The lowest BCUT2D eigenvalue weighted by atomic mass is 10.3. The van der Waals surface area contributed by atoms with Gasteiger partial charge in [-0.3, -0.25) is 0 Å². The van der Waals surface area contributed by atoms with E-state index in [9.17, 15) is 0 Å². The molecule has 0 saturated heterocycles. The number of methoxy groups -OCH3 is 1. The lowest BCUT2D eigenvalue weighted by Gasteiger charge is -2.18. The third-order valence-electron chi connectivity index (χ3n) is 3.18. The van der Waals surface area contributed by atoms with Gasteiger partial charge in [0.15, 0.2) is 5.11 Å². The van der Waals surface area contributed by atoms with Crippen molar-refractivity contribution in [2.24, 2.45) is 0 Å². The first kappa shape index (κ1) is 17.0. The van der Waals surface area contributed by atoms with Crippen LogP contribution in [0.3, 0.4) is 0 Å². The number of hydrogen-bond acceptors (Lipinski definition) is 4. The minimum atomic E-state index is 0.0566. The lowest BCUT2D eigenvalue weighted by molar-refractivity contribution is 0.286. The molecule has 1 atom stereocenters. The summed E-state index contributed by atoms with van der Waals surface area (Å²) in [5, 5.41) is 6.80. The minimum absolute atomic E-state index is 0.0566. The molecule has 1 heterocycles. The number of anilines is 1. The van der Waals surface area contributed by atoms with E-state index in [0.717, 1.165) is 22.9 Å². The van der Waals surface area contributed by atoms with Crippen LogP contribution in [0.15, 0.2) is 42.6 Å². The van der Waals surface area contributed by atoms with Gasteiger partial charge < -0.3 is 20.1 Å². The number of hydrogen-bond donors (Lipinski definition) is 2. The van der Waals surface area contributed by atoms with Crippen LogP contribution in [0.4, 0.5) is 5.82 Å². The van der Waals surface area contributed by atoms with E-state index in [1.807, 2.05) is 50.2 Å². The molecule has 5 nitrogen and oxygen atoms in total. The number of ether oxygens (including phenoxy) is 2. The molecule has 1 aromatic carbocycles. The second-order valence-electron chi connectivity index (χ2n) is 5.15. The van der Waals surface area contributed by atoms with Gasteiger partial charge in [-0.05, 0) is 62.0 Å². The molecule has 0 unspecified atom stereocenters. The summed E-state index contributed by atoms with van der Waals surface area (Å²) >= 11 is 5.30. The summed E-state index contributed by atoms with van der Waals surface area (Å²) in [6, 6.07) is 11.4. The van der Waals surface area contributed by atoms with Crippen molar-refractivity contribution in [2.45, 2.75) is 19.9 Å². The predicted molar refractivity (Wildman–Crippen MR) is 96.3 cm³/mol. The summed E-state index contributed by atoms with van der Waals surface area (Å²) < 4.78 is 10.8. The first-order valence-electron chi connectivity index (χ1n) is 7.34. The highest BCUT2D eigenvalue weighted by atomic mass is 32.1. The number of aryl methyl sites for hydroxylation is 1. The zero-order valence-electron chi connectivity index (χ0n) is 13.5. The van der Waals surface area contributed by atoms with Gasteiger partial charge in [0, 0.05) is 6.20 Å². The van der Waals surface area contributed by atoms with Gasteiger partial charge in [-0.25, -0.2) is 4.98 Å². The monoisotopic (exact) mass is 331 g/mol. The summed E-state index contributed by atoms with van der Waals surface area (Å²) in [5.41, 5.74) is 1.04. The maximum absolute atomic E-state index is 5.72. The summed E-state index contributed by atoms with van der Waals surface area (Å²) in [6.45, 7) is 4.48. The van der Waals surface area contributed by atoms with Gasteiger partial charge in [0.2, 0.25) is 0 Å². The normalized spacial score (nSPS) is 11.4. The molecule has 122 valence electrons. The van der Waals surface area contributed by atoms with Crippen molar-refractivity contribution < 1.29 is 9.47 Å². The molecule has 0 amide bonds. The van der Waals surface area contributed by atoms with Crippen LogP contribution in [-0.4, -0.2) is 29.9 Å². The van der Waals surface area contributed by atoms with Crippen LogP contribution in [-0.2, 0) is 0 Å². The molecule has 0 bridgehead atoms. The standard InChI is InChI=1S/C17H21N3O2S/c1-12-5-4-10-18-16(12)20-17(23)19-13(2)11-22-15-8-6-14(21-3)7-9-15/h4-10,13H,11H2,1-3H3,(H2,18,19,20,23)/t13-/m1/s1. The molecule has 2 aromatic rings. The second kappa shape index (κ2) is 8.33. The van der Waals surface area contributed by atoms with Crippen molar-refractivity contribution in [1.82, 2.24) is 10.3 Å². The smallest absolute Gasteiger partial charge is 0.172 e. The number of benzene rings is 1. The Hall–Kier alpha value is -2.34. The molecule has 0 aliphatic rings. The Labute approximate surface area is 142 Å². The average Bonchev–Trinajstić information content (AvgIpc) is 2.55. The highest BCUT2D eigenvalue weighted by molar-refractivity contribution is 7.80. The van der Waals surface area contributed by atoms with E-state index >= 15 is 0 Å². The van der Waals surface area contributed by atoms with Crippen molar-refractivity contribution in [3.05, 3.63) is 48.2 Å². The fourth-order valence-corrected chi connectivity index (χ4v) is 2.22. The molecule has 0 fully saturated rings. The molecule has 1 aromatic heterocycles. The molecular weight excluding hydrogens is 310 g/mol. The molecule has 23 heavy (non-hydrogen) atoms. The fourth-order valence-electron chi connectivity index (χ4n) is 1.92. The van der Waals surface area contributed by atoms with Crippen LogP contribution in [0.2, 0.25) is 0 Å². The number of thiocarbonyl (C=S) groups is 1. The maximum atomic E-state index is 5.72. The molecule has 0 saturated carbocycles. The van der Waals surface area contributed by atoms with Gasteiger partial charge in [0.1, 0.15) is 23.9 Å². The topological polar surface area (TPSA) is 55.4 Å². The largest absolute Gasteiger partial charge is 0.497 e. The quantitative estimate of drug-likeness (QED) is 0.793. The third-order valence-corrected chi connectivity index (χ3v) is 3.40. The zero-order valence-corrected chi connectivity index (χ0v) is 14.3. The Morgan fingerprint density at radius 1 is 1.22 bits per heavy atom. The highest BCUT2D eigenvalue weighted by Crippen LogP contribution is 2.17. The van der Waals surface area contributed by atoms with E-state index < -0.39 is 0 Å². The summed E-state index contributed by atoms with van der Waals surface area (Å²) in [7, 11) is 1.64. The van der Waals surface area contributed by atoms with E-state index in [4.69, 9.17) is 21.7 Å². The predicted octanol–water partition coefficient (Wildman–Crippen LogP) is 3.15. The Balaban J connectivity index is 1.78. The third kappa shape index (κ3) is 5.41. The van der Waals surface area contributed by atoms with Gasteiger partial charge in [0.25, 0.3) is 0 Å². The summed E-state index contributed by atoms with van der Waals surface area (Å²) in [6.07, 6.45) is 1.73. The van der Waals surface area contributed by atoms with E-state index in [-0.39, 0.29) is 6.04 Å². The Bertz CT molecular complexity index is 647. The molecule has 0 radical (unpaired) electrons. The number of rotatable bonds is 6. The summed E-state index contributed by atoms with van der Waals surface area (Å²) in [5.74, 6) is 2.35. The van der Waals surface area contributed by atoms with E-state index in [1.165, 1.54) is 0 Å². The molecular formula is C17H21N3O2S. The molecule has 2 N–H and O–H groups in total. The van der Waals surface area contributed by atoms with Crippen LogP contribution in [0, 0.1) is 6.92 Å². The average molecular weight is 331 g/mol. The highest BCUT2D eigenvalue weighted by Gasteiger charge is 2.07. The first-order chi connectivity index (χ1) is 11.1. The van der Waals surface area contributed by atoms with Crippen LogP contribution >= 0.6 is 12.2 Å². The van der Waals surface area contributed by atoms with Crippen molar-refractivity contribution in [3.63, 3.8) is 0 Å². The molecule has 6 heteroatoms. The number of pyridine rings is 1. The lowest BCUT2D eigenvalue weighted by Crippen LogP contribution is -2.39. The van der Waals surface area contributed by atoms with Crippen molar-refractivity contribution >= 4 is 23.1 Å². The molecule has 0 aliphatic heterocycles. The van der Waals surface area contributed by atoms with Crippen molar-refractivity contribution in [2.75, 3.05) is 19.0 Å². The number of nitrogens with one attached hydrogen (secondary N) is 2. The fraction of sp³-hybridized carbons (Fsp3) is 0.294. The molecule has 0 spiro atoms. The van der Waals surface area contributed by atoms with Crippen LogP contribution in [0.25, 0.3) is 0 Å². The van der Waals surface area contributed by atoms with E-state index in [0.29, 0.717) is 11.7 Å². The van der Waals surface area contributed by atoms with Crippen LogP contribution in [0.1, 0.15) is 12.5 Å². The summed E-state index contributed by atoms with van der Waals surface area (Å²) in [4.78, 5) is 4.25. The van der Waals surface area contributed by atoms with Gasteiger partial charge in [0.05, 0.1) is 13.2 Å². The van der Waals surface area contributed by atoms with Crippen LogP contribution in [0.5, 0.6) is 11.5 Å². The Kier molecular flexibility index (Phi) is 6.17. The van der Waals surface area contributed by atoms with Crippen molar-refractivity contribution in [3.8, 4) is 11.5 Å². The van der Waals surface area contributed by atoms with Gasteiger partial charge in [-0.1, -0.05) is 6.07 Å². The number of nitrogens with zero attached hydrogens (tertiary/aromatic N) is 1. The van der Waals surface area contributed by atoms with Gasteiger partial charge >= 0.3 is 0 Å². The molecule has 2 rings (SSSR count). The van der Waals surface area contributed by atoms with Crippen LogP contribution < -0.4 is 20.1 Å². The van der Waals surface area contributed by atoms with Gasteiger partial charge in [-0.15, -0.1) is 0 Å². The second-order valence-corrected chi connectivity index (χ2v) is 5.56. The van der Waals surface area contributed by atoms with Gasteiger partial charge in [-0.2, -0.15) is 0 Å². The molecule has 0 aliphatic carbocycles. The Morgan fingerprint density at radius 3 is 2.57 bits per heavy atom. The van der Waals surface area contributed by atoms with E-state index in [2.05, 4.69) is 15.6 Å². The number of aromatic nitrogens is 1. The minimum Gasteiger partial charge on any atom is -0.497 e. The zero-order chi connectivity index (χ0) is 16.7. The first-order valence-corrected chi connectivity index (χ1v) is 7.75. The van der Waals surface area contributed by atoms with E-state index in [1.54, 1.807) is 13.3 Å². The van der Waals surface area contributed by atoms with Crippen molar-refractivity contribution in [1.29, 1.82) is 0 Å².